The number of aryl methyl sites for hydroxylation is 1. The van der Waals surface area contributed by atoms with E-state index in [4.69, 9.17) is 9.40 Å². The van der Waals surface area contributed by atoms with E-state index in [9.17, 15) is 5.26 Å². The fourth-order valence-electron chi connectivity index (χ4n) is 6.34. The molecule has 0 amide bonds. The van der Waals surface area contributed by atoms with Gasteiger partial charge in [0.2, 0.25) is 0 Å². The minimum Gasteiger partial charge on any atom is -0.455 e. The van der Waals surface area contributed by atoms with Gasteiger partial charge in [-0.15, -0.1) is 0 Å². The lowest BCUT2D eigenvalue weighted by Crippen LogP contribution is -2.09. The van der Waals surface area contributed by atoms with Gasteiger partial charge in [0.25, 0.3) is 0 Å². The Morgan fingerprint density at radius 1 is 0.767 bits per heavy atom. The third-order valence-electron chi connectivity index (χ3n) is 8.50. The molecule has 0 radical (unpaired) electrons. The molecule has 0 fully saturated rings. The maximum Gasteiger partial charge on any atom is 0.149 e. The molecule has 0 atom stereocenters. The van der Waals surface area contributed by atoms with Gasteiger partial charge in [-0.05, 0) is 95.1 Å². The molecule has 0 saturated heterocycles. The number of furan rings is 1. The summed E-state index contributed by atoms with van der Waals surface area (Å²) in [6.45, 7) is 11.2. The molecule has 0 aliphatic heterocycles. The second kappa shape index (κ2) is 10.3. The van der Waals surface area contributed by atoms with Gasteiger partial charge in [-0.25, -0.2) is 4.98 Å². The average molecular weight is 560 g/mol. The van der Waals surface area contributed by atoms with Crippen LogP contribution in [0.2, 0.25) is 0 Å². The average Bonchev–Trinajstić information content (AvgIpc) is 3.60. The van der Waals surface area contributed by atoms with Crippen LogP contribution in [-0.2, 0) is 0 Å². The highest BCUT2D eigenvalue weighted by Crippen LogP contribution is 2.43. The SMILES string of the molecule is Cc1ccc(-c2nc3ccccc3n2-c2c(C(C)C)cc(-c3ccccc3)cc2C(C)C)c2oc3cc(C#N)ccc3c12. The molecule has 4 heteroatoms. The van der Waals surface area contributed by atoms with Crippen LogP contribution in [0.4, 0.5) is 0 Å². The second-order valence-corrected chi connectivity index (χ2v) is 12.0. The number of fused-ring (bicyclic) bond motifs is 4. The second-order valence-electron chi connectivity index (χ2n) is 12.0. The van der Waals surface area contributed by atoms with Crippen molar-refractivity contribution in [1.29, 1.82) is 5.26 Å². The normalized spacial score (nSPS) is 11.8. The van der Waals surface area contributed by atoms with Crippen molar-refractivity contribution >= 4 is 33.0 Å². The molecule has 0 aliphatic rings. The molecule has 210 valence electrons. The number of aromatic nitrogens is 2. The quantitative estimate of drug-likeness (QED) is 0.211. The summed E-state index contributed by atoms with van der Waals surface area (Å²) in [5.41, 5.74) is 12.3. The van der Waals surface area contributed by atoms with Gasteiger partial charge in [0.1, 0.15) is 17.0 Å². The lowest BCUT2D eigenvalue weighted by atomic mass is 9.88. The smallest absolute Gasteiger partial charge is 0.149 e. The van der Waals surface area contributed by atoms with E-state index >= 15 is 0 Å². The summed E-state index contributed by atoms with van der Waals surface area (Å²) in [7, 11) is 0. The van der Waals surface area contributed by atoms with Crippen LogP contribution in [-0.4, -0.2) is 9.55 Å². The Kier molecular flexibility index (Phi) is 6.40. The van der Waals surface area contributed by atoms with Crippen LogP contribution in [0.25, 0.3) is 61.2 Å². The van der Waals surface area contributed by atoms with Gasteiger partial charge in [0, 0.05) is 10.8 Å². The van der Waals surface area contributed by atoms with Gasteiger partial charge in [0.05, 0.1) is 33.9 Å². The molecule has 2 aromatic heterocycles. The molecule has 0 aliphatic carbocycles. The Hall–Kier alpha value is -5.14. The Morgan fingerprint density at radius 3 is 2.16 bits per heavy atom. The number of hydrogen-bond acceptors (Lipinski definition) is 3. The third-order valence-corrected chi connectivity index (χ3v) is 8.50. The Balaban J connectivity index is 1.60. The zero-order valence-corrected chi connectivity index (χ0v) is 25.1. The van der Waals surface area contributed by atoms with Crippen molar-refractivity contribution in [3.8, 4) is 34.3 Å². The van der Waals surface area contributed by atoms with Crippen LogP contribution in [0.3, 0.4) is 0 Å². The van der Waals surface area contributed by atoms with Crippen molar-refractivity contribution in [2.75, 3.05) is 0 Å². The number of hydrogen-bond donors (Lipinski definition) is 0. The maximum atomic E-state index is 9.53. The van der Waals surface area contributed by atoms with Crippen LogP contribution < -0.4 is 0 Å². The highest BCUT2D eigenvalue weighted by atomic mass is 16.3. The molecule has 4 nitrogen and oxygen atoms in total. The molecular formula is C39H33N3O. The topological polar surface area (TPSA) is 54.8 Å². The van der Waals surface area contributed by atoms with Crippen molar-refractivity contribution in [2.45, 2.75) is 46.5 Å². The molecule has 0 spiro atoms. The van der Waals surface area contributed by atoms with Gasteiger partial charge < -0.3 is 4.42 Å². The Labute approximate surface area is 251 Å². The van der Waals surface area contributed by atoms with Crippen LogP contribution in [0.1, 0.15) is 61.8 Å². The van der Waals surface area contributed by atoms with E-state index in [1.54, 1.807) is 0 Å². The molecule has 43 heavy (non-hydrogen) atoms. The molecule has 7 aromatic rings. The molecule has 0 saturated carbocycles. The predicted molar refractivity (Wildman–Crippen MR) is 177 cm³/mol. The molecule has 2 heterocycles. The summed E-state index contributed by atoms with van der Waals surface area (Å²) in [5, 5.41) is 11.6. The largest absolute Gasteiger partial charge is 0.455 e. The van der Waals surface area contributed by atoms with E-state index in [1.165, 1.54) is 27.9 Å². The van der Waals surface area contributed by atoms with Gasteiger partial charge in [-0.1, -0.05) is 76.2 Å². The zero-order chi connectivity index (χ0) is 29.8. The van der Waals surface area contributed by atoms with E-state index in [-0.39, 0.29) is 11.8 Å². The lowest BCUT2D eigenvalue weighted by molar-refractivity contribution is 0.669. The first-order chi connectivity index (χ1) is 20.9. The first-order valence-electron chi connectivity index (χ1n) is 14.9. The number of benzene rings is 5. The fraction of sp³-hybridized carbons (Fsp3) is 0.179. The minimum absolute atomic E-state index is 0.277. The van der Waals surface area contributed by atoms with Crippen molar-refractivity contribution in [1.82, 2.24) is 9.55 Å². The first kappa shape index (κ1) is 26.7. The molecule has 0 bridgehead atoms. The number of nitrogens with zero attached hydrogens (tertiary/aromatic N) is 3. The van der Waals surface area contributed by atoms with E-state index < -0.39 is 0 Å². The van der Waals surface area contributed by atoms with E-state index in [0.29, 0.717) is 11.1 Å². The van der Waals surface area contributed by atoms with Crippen molar-refractivity contribution in [3.63, 3.8) is 0 Å². The Bertz CT molecular complexity index is 2180. The van der Waals surface area contributed by atoms with Gasteiger partial charge in [-0.3, -0.25) is 4.57 Å². The van der Waals surface area contributed by atoms with Gasteiger partial charge in [0.15, 0.2) is 0 Å². The Morgan fingerprint density at radius 2 is 1.47 bits per heavy atom. The summed E-state index contributed by atoms with van der Waals surface area (Å²) < 4.78 is 8.93. The third kappa shape index (κ3) is 4.32. The summed E-state index contributed by atoms with van der Waals surface area (Å²) in [5.74, 6) is 1.40. The maximum absolute atomic E-state index is 9.53. The molecule has 0 N–H and O–H groups in total. The number of imidazole rings is 1. The molecular weight excluding hydrogens is 526 g/mol. The van der Waals surface area contributed by atoms with Crippen LogP contribution in [0.5, 0.6) is 0 Å². The first-order valence-corrected chi connectivity index (χ1v) is 14.9. The van der Waals surface area contributed by atoms with Crippen molar-refractivity contribution in [2.24, 2.45) is 0 Å². The van der Waals surface area contributed by atoms with Gasteiger partial charge in [-0.2, -0.15) is 5.26 Å². The zero-order valence-electron chi connectivity index (χ0n) is 25.1. The molecule has 0 unspecified atom stereocenters. The van der Waals surface area contributed by atoms with Crippen molar-refractivity contribution < 1.29 is 4.42 Å². The summed E-state index contributed by atoms with van der Waals surface area (Å²) in [6, 6.07) is 35.9. The lowest BCUT2D eigenvalue weighted by Gasteiger charge is -2.24. The van der Waals surface area contributed by atoms with Crippen molar-refractivity contribution in [3.05, 3.63) is 119 Å². The molecule has 5 aromatic carbocycles. The van der Waals surface area contributed by atoms with Gasteiger partial charge >= 0.3 is 0 Å². The number of para-hydroxylation sites is 2. The highest BCUT2D eigenvalue weighted by Gasteiger charge is 2.25. The predicted octanol–water partition coefficient (Wildman–Crippen LogP) is 10.7. The fourth-order valence-corrected chi connectivity index (χ4v) is 6.34. The van der Waals surface area contributed by atoms with Crippen LogP contribution in [0.15, 0.2) is 101 Å². The van der Waals surface area contributed by atoms with Crippen LogP contribution >= 0.6 is 0 Å². The number of rotatable bonds is 5. The summed E-state index contributed by atoms with van der Waals surface area (Å²) in [4.78, 5) is 5.28. The standard InChI is InChI=1S/C39H33N3O/c1-23(2)31-20-28(27-11-7-6-8-12-27)21-32(24(3)4)37(31)42-34-14-10-9-13-33(34)41-39(42)30-17-15-25(5)36-29-18-16-26(22-40)19-35(29)43-38(30)36/h6-21,23-24H,1-5H3. The van der Waals surface area contributed by atoms with Crippen LogP contribution in [0, 0.1) is 18.3 Å². The number of nitriles is 1. The minimum atomic E-state index is 0.277. The summed E-state index contributed by atoms with van der Waals surface area (Å²) in [6.07, 6.45) is 0. The van der Waals surface area contributed by atoms with E-state index in [2.05, 4.69) is 118 Å². The van der Waals surface area contributed by atoms with E-state index in [0.717, 1.165) is 44.3 Å². The molecule has 7 rings (SSSR count). The van der Waals surface area contributed by atoms with E-state index in [1.807, 2.05) is 24.3 Å². The summed E-state index contributed by atoms with van der Waals surface area (Å²) >= 11 is 0. The monoisotopic (exact) mass is 559 g/mol. The highest BCUT2D eigenvalue weighted by molar-refractivity contribution is 6.11.